The van der Waals surface area contributed by atoms with Crippen LogP contribution in [0.15, 0.2) is 385 Å². The van der Waals surface area contributed by atoms with Crippen molar-refractivity contribution in [2.75, 3.05) is 0 Å². The quantitative estimate of drug-likeness (QED) is 0.111. The van der Waals surface area contributed by atoms with E-state index in [0.717, 1.165) is 134 Å². The first-order chi connectivity index (χ1) is 57.4. The highest BCUT2D eigenvalue weighted by molar-refractivity contribution is 7.26. The van der Waals surface area contributed by atoms with Gasteiger partial charge in [-0.05, 0) is 134 Å². The lowest BCUT2D eigenvalue weighted by Crippen LogP contribution is -2.00. The Balaban J connectivity index is 0.000000122. The molecule has 0 aliphatic heterocycles. The summed E-state index contributed by atoms with van der Waals surface area (Å²) in [4.78, 5) is 29.1. The number of para-hydroxylation sites is 4. The Bertz CT molecular complexity index is 7440. The van der Waals surface area contributed by atoms with Crippen molar-refractivity contribution in [3.63, 3.8) is 0 Å². The van der Waals surface area contributed by atoms with Gasteiger partial charge in [0.2, 0.25) is 5.28 Å². The molecule has 0 saturated heterocycles. The Labute approximate surface area is 680 Å². The minimum atomic E-state index is 0.145. The number of nitrogens with zero attached hydrogens (tertiary/aromatic N) is 6. The van der Waals surface area contributed by atoms with Crippen LogP contribution in [0.2, 0.25) is 5.28 Å². The summed E-state index contributed by atoms with van der Waals surface area (Å²) in [5.74, 6) is 3.47. The molecule has 0 atom stereocenters. The van der Waals surface area contributed by atoms with Gasteiger partial charge in [0.1, 0.15) is 28.1 Å². The highest BCUT2D eigenvalue weighted by Crippen LogP contribution is 2.47. The highest BCUT2D eigenvalue weighted by atomic mass is 35.5. The summed E-state index contributed by atoms with van der Waals surface area (Å²) in [6.45, 7) is 0. The van der Waals surface area contributed by atoms with E-state index >= 15 is 0 Å². The molecule has 14 heteroatoms. The van der Waals surface area contributed by atoms with Gasteiger partial charge in [-0.1, -0.05) is 309 Å². The number of aromatic nitrogens is 6. The van der Waals surface area contributed by atoms with E-state index in [9.17, 15) is 0 Å². The van der Waals surface area contributed by atoms with Crippen LogP contribution in [0.3, 0.4) is 0 Å². The molecule has 6 aromatic heterocycles. The predicted molar refractivity (Wildman–Crippen MR) is 480 cm³/mol. The number of fused-ring (bicyclic) bond motifs is 12. The number of benzene rings is 16. The van der Waals surface area contributed by atoms with E-state index in [1.807, 2.05) is 115 Å². The van der Waals surface area contributed by atoms with Crippen molar-refractivity contribution in [1.29, 1.82) is 0 Å². The molecule has 1 radical (unpaired) electrons. The van der Waals surface area contributed by atoms with Crippen LogP contribution in [0.25, 0.3) is 208 Å². The summed E-state index contributed by atoms with van der Waals surface area (Å²) in [6, 6.07) is 129. The lowest BCUT2D eigenvalue weighted by atomic mass is 9.97. The summed E-state index contributed by atoms with van der Waals surface area (Å²) in [6.07, 6.45) is 0. The molecule has 0 saturated carbocycles. The second kappa shape index (κ2) is 31.0. The molecule has 22 aromatic rings. The molecule has 0 spiro atoms. The summed E-state index contributed by atoms with van der Waals surface area (Å²) in [7, 11) is 0.742. The molecule has 16 aromatic carbocycles. The molecule has 1 N–H and O–H groups in total. The fourth-order valence-electron chi connectivity index (χ4n) is 15.5. The number of halogens is 1. The van der Waals surface area contributed by atoms with E-state index in [0.29, 0.717) is 34.9 Å². The summed E-state index contributed by atoms with van der Waals surface area (Å²) < 4.78 is 23.4. The third-order valence-electron chi connectivity index (χ3n) is 21.0. The van der Waals surface area contributed by atoms with E-state index < -0.39 is 0 Å². The summed E-state index contributed by atoms with van der Waals surface area (Å²) >= 11 is 9.82. The standard InChI is InChI=1S/C51H31N3OS.C27H16ClN3O.C24H16BO2S/c1-4-14-32(15-5-1)35-20-10-21-36(30-35)37-28-29-44-43(31-37)46-41(25-13-27-45(46)56-44)50-52-49(34-18-8-3-9-19-34)53-51(54-50)42-26-12-24-40-39-23-11-22-38(47(39)55-48(40)42)33-16-6-2-7-17-33;28-27-30-25(18-11-5-2-6-12-18)29-26(31-27)22-16-8-15-21-20-14-7-13-19(23(20)32-24(21)22)17-9-3-1-4-10-17;26-25-27-21-10-5-11-23-24(21)20-15-19(12-13-22(20)28-23)18-9-4-8-17(14-18)16-6-2-1-3-7-16/h1-31H;1-16H;1-15,26H. The van der Waals surface area contributed by atoms with Gasteiger partial charge in [0.25, 0.3) is 0 Å². The zero-order chi connectivity index (χ0) is 77.4. The third kappa shape index (κ3) is 13.7. The number of thiophene rings is 2. The highest BCUT2D eigenvalue weighted by Gasteiger charge is 2.24. The van der Waals surface area contributed by atoms with Crippen LogP contribution >= 0.6 is 34.3 Å². The van der Waals surface area contributed by atoms with Crippen LogP contribution in [0.4, 0.5) is 0 Å². The molecule has 0 aliphatic carbocycles. The molecule has 0 bridgehead atoms. The lowest BCUT2D eigenvalue weighted by molar-refractivity contribution is 0.457. The predicted octanol–water partition coefficient (Wildman–Crippen LogP) is 27.9. The van der Waals surface area contributed by atoms with Crippen molar-refractivity contribution in [1.82, 2.24) is 29.9 Å². The van der Waals surface area contributed by atoms with Crippen LogP contribution < -0.4 is 4.65 Å². The first-order valence-electron chi connectivity index (χ1n) is 38.0. The largest absolute Gasteiger partial charge is 0.569 e. The Morgan fingerprint density at radius 2 is 0.552 bits per heavy atom. The SMILES string of the molecule is Clc1nc(-c2ccccc2)nc(-c2cccc3c2oc2c(-c4ccccc4)cccc23)n1.O[B]Oc1cccc2sc3ccc(-c4cccc(-c5ccccc5)c4)cc3c12.c1ccc(-c2cccc(-c3ccc4sc5cccc(-c6nc(-c7ccccc7)nc(-c7cccc8c7oc7c(-c9ccccc9)cccc78)n6)c5c4c3)c2)cc1. The van der Waals surface area contributed by atoms with Gasteiger partial charge in [-0.25, -0.2) is 19.9 Å². The summed E-state index contributed by atoms with van der Waals surface area (Å²) in [5, 5.41) is 17.9. The van der Waals surface area contributed by atoms with Gasteiger partial charge >= 0.3 is 7.69 Å². The van der Waals surface area contributed by atoms with Crippen molar-refractivity contribution >= 4 is 126 Å². The first kappa shape index (κ1) is 70.8. The van der Waals surface area contributed by atoms with Crippen molar-refractivity contribution < 1.29 is 18.5 Å². The van der Waals surface area contributed by atoms with Crippen LogP contribution in [-0.2, 0) is 0 Å². The van der Waals surface area contributed by atoms with E-state index in [1.54, 1.807) is 22.7 Å². The van der Waals surface area contributed by atoms with Gasteiger partial charge in [0.05, 0.1) is 11.1 Å². The van der Waals surface area contributed by atoms with Gasteiger partial charge in [-0.2, -0.15) is 9.97 Å². The zero-order valence-electron chi connectivity index (χ0n) is 61.9. The Kier molecular flexibility index (Phi) is 18.9. The van der Waals surface area contributed by atoms with E-state index in [-0.39, 0.29) is 5.28 Å². The van der Waals surface area contributed by atoms with E-state index in [2.05, 4.69) is 271 Å². The molecular formula is C102H63BClN6O4S2. The van der Waals surface area contributed by atoms with Crippen LogP contribution in [0, 0.1) is 0 Å². The van der Waals surface area contributed by atoms with Crippen LogP contribution in [0.1, 0.15) is 0 Å². The molecule has 0 aliphatic rings. The zero-order valence-corrected chi connectivity index (χ0v) is 64.3. The normalized spacial score (nSPS) is 11.4. The second-order valence-electron chi connectivity index (χ2n) is 28.0. The Hall–Kier alpha value is -14.3. The topological polar surface area (TPSA) is 133 Å². The second-order valence-corrected chi connectivity index (χ2v) is 30.5. The monoisotopic (exact) mass is 1550 g/mol. The lowest BCUT2D eigenvalue weighted by Gasteiger charge is -2.10. The maximum absolute atomic E-state index is 9.12. The van der Waals surface area contributed by atoms with Crippen molar-refractivity contribution in [3.8, 4) is 129 Å². The minimum absolute atomic E-state index is 0.145. The van der Waals surface area contributed by atoms with Crippen molar-refractivity contribution in [2.45, 2.75) is 0 Å². The molecule has 0 fully saturated rings. The fraction of sp³-hybridized carbons (Fsp3) is 0. The minimum Gasteiger partial charge on any atom is -0.537 e. The van der Waals surface area contributed by atoms with Crippen LogP contribution in [-0.4, -0.2) is 42.6 Å². The molecule has 0 unspecified atom stereocenters. The number of furan rings is 2. The number of rotatable bonds is 13. The molecule has 116 heavy (non-hydrogen) atoms. The van der Waals surface area contributed by atoms with Gasteiger partial charge < -0.3 is 18.5 Å². The van der Waals surface area contributed by atoms with E-state index in [4.69, 9.17) is 50.0 Å². The Morgan fingerprint density at radius 1 is 0.241 bits per heavy atom. The molecule has 22 rings (SSSR count). The average molecular weight is 1550 g/mol. The average Bonchev–Trinajstić information content (AvgIpc) is 1.59. The van der Waals surface area contributed by atoms with Gasteiger partial charge in [0.15, 0.2) is 29.1 Å². The van der Waals surface area contributed by atoms with Gasteiger partial charge in [-0.15, -0.1) is 22.7 Å². The van der Waals surface area contributed by atoms with Gasteiger partial charge in [0, 0.05) is 89.7 Å². The fourth-order valence-corrected chi connectivity index (χ4v) is 17.9. The molecule has 0 amide bonds. The first-order valence-corrected chi connectivity index (χ1v) is 40.0. The molecular weight excluding hydrogens is 1480 g/mol. The molecule has 10 nitrogen and oxygen atoms in total. The maximum atomic E-state index is 9.12. The molecule has 6 heterocycles. The van der Waals surface area contributed by atoms with Crippen LogP contribution in [0.5, 0.6) is 5.75 Å². The number of hydrogen-bond donors (Lipinski definition) is 1. The van der Waals surface area contributed by atoms with E-state index in [1.165, 1.54) is 52.9 Å². The summed E-state index contributed by atoms with van der Waals surface area (Å²) in [5.41, 5.74) is 21.3. The Morgan fingerprint density at radius 3 is 1.01 bits per heavy atom. The van der Waals surface area contributed by atoms with Gasteiger partial charge in [-0.3, -0.25) is 0 Å². The maximum Gasteiger partial charge on any atom is 0.569 e. The van der Waals surface area contributed by atoms with Crippen molar-refractivity contribution in [2.24, 2.45) is 0 Å². The third-order valence-corrected chi connectivity index (χ3v) is 23.4. The number of hydrogen-bond acceptors (Lipinski definition) is 12. The smallest absolute Gasteiger partial charge is 0.537 e. The molecule has 547 valence electrons. The van der Waals surface area contributed by atoms with Crippen molar-refractivity contribution in [3.05, 3.63) is 381 Å².